The Bertz CT molecular complexity index is 762. The Morgan fingerprint density at radius 2 is 2.00 bits per heavy atom. The molecule has 4 nitrogen and oxygen atoms in total. The van der Waals surface area contributed by atoms with E-state index in [0.29, 0.717) is 5.69 Å². The van der Waals surface area contributed by atoms with Gasteiger partial charge in [0.25, 0.3) is 0 Å². The number of aryl methyl sites for hydroxylation is 1. The Morgan fingerprint density at radius 3 is 2.75 bits per heavy atom. The van der Waals surface area contributed by atoms with E-state index >= 15 is 0 Å². The second-order valence-electron chi connectivity index (χ2n) is 4.63. The van der Waals surface area contributed by atoms with Crippen LogP contribution in [0.1, 0.15) is 6.92 Å². The Labute approximate surface area is 117 Å². The summed E-state index contributed by atoms with van der Waals surface area (Å²) in [4.78, 5) is 4.71. The molecule has 2 N–H and O–H groups in total. The zero-order chi connectivity index (χ0) is 14.1. The summed E-state index contributed by atoms with van der Waals surface area (Å²) in [7, 11) is 1.67. The summed E-state index contributed by atoms with van der Waals surface area (Å²) in [6.45, 7) is 2.94. The molecule has 0 unspecified atom stereocenters. The molecule has 2 aromatic carbocycles. The first-order chi connectivity index (χ1) is 9.74. The highest BCUT2D eigenvalue weighted by atomic mass is 16.5. The molecule has 0 bridgehead atoms. The number of imidazole rings is 1. The van der Waals surface area contributed by atoms with E-state index in [1.165, 1.54) is 0 Å². The van der Waals surface area contributed by atoms with Gasteiger partial charge in [0.2, 0.25) is 0 Å². The van der Waals surface area contributed by atoms with Crippen LogP contribution >= 0.6 is 0 Å². The van der Waals surface area contributed by atoms with Gasteiger partial charge < -0.3 is 15.0 Å². The van der Waals surface area contributed by atoms with E-state index < -0.39 is 0 Å². The van der Waals surface area contributed by atoms with Crippen molar-refractivity contribution in [3.63, 3.8) is 0 Å². The summed E-state index contributed by atoms with van der Waals surface area (Å²) in [6, 6.07) is 13.8. The summed E-state index contributed by atoms with van der Waals surface area (Å²) >= 11 is 0. The first kappa shape index (κ1) is 12.5. The number of nitrogen functional groups attached to an aromatic ring is 1. The second kappa shape index (κ2) is 4.89. The molecule has 0 atom stereocenters. The molecule has 0 aliphatic heterocycles. The van der Waals surface area contributed by atoms with Crippen molar-refractivity contribution < 1.29 is 4.74 Å². The van der Waals surface area contributed by atoms with Gasteiger partial charge in [-0.1, -0.05) is 18.2 Å². The van der Waals surface area contributed by atoms with Gasteiger partial charge in [-0.05, 0) is 31.2 Å². The highest BCUT2D eigenvalue weighted by Crippen LogP contribution is 2.29. The quantitative estimate of drug-likeness (QED) is 0.741. The predicted octanol–water partition coefficient (Wildman–Crippen LogP) is 3.31. The monoisotopic (exact) mass is 267 g/mol. The summed E-state index contributed by atoms with van der Waals surface area (Å²) in [6.07, 6.45) is 0. The van der Waals surface area contributed by atoms with Crippen LogP contribution in [0.5, 0.6) is 5.75 Å². The van der Waals surface area contributed by atoms with Gasteiger partial charge in [-0.25, -0.2) is 4.98 Å². The fraction of sp³-hybridized carbons (Fsp3) is 0.188. The number of ether oxygens (including phenoxy) is 1. The number of nitrogens with zero attached hydrogens (tertiary/aromatic N) is 2. The predicted molar refractivity (Wildman–Crippen MR) is 81.8 cm³/mol. The molecule has 0 aliphatic rings. The lowest BCUT2D eigenvalue weighted by atomic mass is 10.2. The van der Waals surface area contributed by atoms with Crippen LogP contribution < -0.4 is 10.5 Å². The van der Waals surface area contributed by atoms with Gasteiger partial charge in [0.05, 0.1) is 18.3 Å². The average Bonchev–Trinajstić information content (AvgIpc) is 2.87. The van der Waals surface area contributed by atoms with E-state index in [0.717, 1.165) is 34.7 Å². The zero-order valence-corrected chi connectivity index (χ0v) is 11.6. The first-order valence-corrected chi connectivity index (χ1v) is 6.63. The first-order valence-electron chi connectivity index (χ1n) is 6.63. The fourth-order valence-electron chi connectivity index (χ4n) is 2.47. The highest BCUT2D eigenvalue weighted by molar-refractivity contribution is 5.90. The van der Waals surface area contributed by atoms with Crippen LogP contribution in [-0.2, 0) is 6.54 Å². The van der Waals surface area contributed by atoms with Crippen LogP contribution in [0.4, 0.5) is 5.69 Å². The number of benzene rings is 2. The Hall–Kier alpha value is -2.49. The largest absolute Gasteiger partial charge is 0.497 e. The van der Waals surface area contributed by atoms with E-state index in [1.54, 1.807) is 7.11 Å². The number of aromatic nitrogens is 2. The summed E-state index contributed by atoms with van der Waals surface area (Å²) in [5.74, 6) is 1.74. The summed E-state index contributed by atoms with van der Waals surface area (Å²) in [5, 5.41) is 0. The molecule has 1 heterocycles. The molecule has 0 radical (unpaired) electrons. The van der Waals surface area contributed by atoms with Crippen molar-refractivity contribution in [2.45, 2.75) is 13.5 Å². The van der Waals surface area contributed by atoms with Crippen molar-refractivity contribution in [2.75, 3.05) is 12.8 Å². The maximum absolute atomic E-state index is 6.03. The molecule has 20 heavy (non-hydrogen) atoms. The van der Waals surface area contributed by atoms with Crippen LogP contribution in [0.3, 0.4) is 0 Å². The number of rotatable bonds is 3. The molecule has 0 saturated heterocycles. The molecule has 102 valence electrons. The number of methoxy groups -OCH3 is 1. The highest BCUT2D eigenvalue weighted by Gasteiger charge is 2.13. The van der Waals surface area contributed by atoms with Crippen LogP contribution in [0.2, 0.25) is 0 Å². The average molecular weight is 267 g/mol. The lowest BCUT2D eigenvalue weighted by Crippen LogP contribution is -1.97. The number of para-hydroxylation sites is 1. The lowest BCUT2D eigenvalue weighted by molar-refractivity contribution is 0.415. The third kappa shape index (κ3) is 1.90. The Morgan fingerprint density at radius 1 is 1.20 bits per heavy atom. The summed E-state index contributed by atoms with van der Waals surface area (Å²) < 4.78 is 7.45. The van der Waals surface area contributed by atoms with E-state index in [-0.39, 0.29) is 0 Å². The van der Waals surface area contributed by atoms with Crippen LogP contribution in [-0.4, -0.2) is 16.7 Å². The third-order valence-corrected chi connectivity index (χ3v) is 3.45. The zero-order valence-electron chi connectivity index (χ0n) is 11.6. The lowest BCUT2D eigenvalue weighted by Gasteiger charge is -2.07. The van der Waals surface area contributed by atoms with Crippen molar-refractivity contribution in [1.82, 2.24) is 9.55 Å². The SMILES string of the molecule is CCn1c(-c2cccc(OC)c2)nc2c(N)cccc21. The molecule has 0 fully saturated rings. The fourth-order valence-corrected chi connectivity index (χ4v) is 2.47. The molecular formula is C16H17N3O. The molecule has 3 aromatic rings. The van der Waals surface area contributed by atoms with Gasteiger partial charge in [0, 0.05) is 12.1 Å². The number of nitrogens with two attached hydrogens (primary N) is 1. The van der Waals surface area contributed by atoms with Crippen LogP contribution in [0.25, 0.3) is 22.4 Å². The number of fused-ring (bicyclic) bond motifs is 1. The minimum Gasteiger partial charge on any atom is -0.497 e. The number of anilines is 1. The van der Waals surface area contributed by atoms with Crippen molar-refractivity contribution in [1.29, 1.82) is 0 Å². The molecule has 4 heteroatoms. The maximum Gasteiger partial charge on any atom is 0.141 e. The Kier molecular flexibility index (Phi) is 3.06. The molecule has 1 aromatic heterocycles. The minimum atomic E-state index is 0.707. The van der Waals surface area contributed by atoms with Gasteiger partial charge in [-0.15, -0.1) is 0 Å². The number of hydrogen-bond donors (Lipinski definition) is 1. The van der Waals surface area contributed by atoms with E-state index in [2.05, 4.69) is 11.5 Å². The third-order valence-electron chi connectivity index (χ3n) is 3.45. The van der Waals surface area contributed by atoms with Crippen molar-refractivity contribution in [2.24, 2.45) is 0 Å². The molecule has 0 amide bonds. The van der Waals surface area contributed by atoms with E-state index in [1.807, 2.05) is 42.5 Å². The van der Waals surface area contributed by atoms with Crippen LogP contribution in [0, 0.1) is 0 Å². The topological polar surface area (TPSA) is 53.1 Å². The van der Waals surface area contributed by atoms with Gasteiger partial charge in [-0.2, -0.15) is 0 Å². The molecular weight excluding hydrogens is 250 g/mol. The maximum atomic E-state index is 6.03. The van der Waals surface area contributed by atoms with Crippen molar-refractivity contribution >= 4 is 16.7 Å². The van der Waals surface area contributed by atoms with E-state index in [9.17, 15) is 0 Å². The smallest absolute Gasteiger partial charge is 0.141 e. The molecule has 0 saturated carbocycles. The molecule has 0 spiro atoms. The Balaban J connectivity index is 2.27. The van der Waals surface area contributed by atoms with Gasteiger partial charge in [0.15, 0.2) is 0 Å². The molecule has 3 rings (SSSR count). The van der Waals surface area contributed by atoms with Gasteiger partial charge >= 0.3 is 0 Å². The van der Waals surface area contributed by atoms with Gasteiger partial charge in [-0.3, -0.25) is 0 Å². The van der Waals surface area contributed by atoms with Gasteiger partial charge in [0.1, 0.15) is 17.1 Å². The number of hydrogen-bond acceptors (Lipinski definition) is 3. The summed E-state index contributed by atoms with van der Waals surface area (Å²) in [5.41, 5.74) is 9.68. The van der Waals surface area contributed by atoms with Crippen LogP contribution in [0.15, 0.2) is 42.5 Å². The van der Waals surface area contributed by atoms with Crippen molar-refractivity contribution in [3.05, 3.63) is 42.5 Å². The normalized spacial score (nSPS) is 10.9. The minimum absolute atomic E-state index is 0.707. The van der Waals surface area contributed by atoms with Crippen molar-refractivity contribution in [3.8, 4) is 17.1 Å². The van der Waals surface area contributed by atoms with E-state index in [4.69, 9.17) is 15.5 Å². The standard InChI is InChI=1S/C16H17N3O/c1-3-19-14-9-5-8-13(17)15(14)18-16(19)11-6-4-7-12(10-11)20-2/h4-10H,3,17H2,1-2H3. The second-order valence-corrected chi connectivity index (χ2v) is 4.63. The molecule has 0 aliphatic carbocycles.